The molecule has 1 atom stereocenters. The van der Waals surface area contributed by atoms with Crippen molar-refractivity contribution in [1.29, 1.82) is 0 Å². The van der Waals surface area contributed by atoms with Crippen molar-refractivity contribution in [2.45, 2.75) is 25.4 Å². The molecule has 4 heterocycles. The van der Waals surface area contributed by atoms with Crippen molar-refractivity contribution >= 4 is 22.2 Å². The summed E-state index contributed by atoms with van der Waals surface area (Å²) in [7, 11) is 1.64. The van der Waals surface area contributed by atoms with E-state index in [4.69, 9.17) is 9.72 Å². The Balaban J connectivity index is 1.67. The zero-order chi connectivity index (χ0) is 19.8. The first kappa shape index (κ1) is 17.8. The summed E-state index contributed by atoms with van der Waals surface area (Å²) >= 11 is 0. The molecule has 29 heavy (non-hydrogen) atoms. The molecule has 1 aliphatic heterocycles. The van der Waals surface area contributed by atoms with Crippen molar-refractivity contribution in [3.05, 3.63) is 65.1 Å². The number of rotatable bonds is 5. The predicted molar refractivity (Wildman–Crippen MR) is 110 cm³/mol. The van der Waals surface area contributed by atoms with Crippen molar-refractivity contribution in [1.82, 2.24) is 24.1 Å². The highest BCUT2D eigenvalue weighted by molar-refractivity contribution is 5.77. The van der Waals surface area contributed by atoms with Crippen LogP contribution in [-0.2, 0) is 11.3 Å². The SMILES string of the molecule is COCCn1c(C2CCCN2c2nccn3nccc23)nc2ccccc2c1=O. The monoisotopic (exact) mass is 390 g/mol. The number of fused-ring (bicyclic) bond motifs is 2. The summed E-state index contributed by atoms with van der Waals surface area (Å²) in [6.07, 6.45) is 7.29. The highest BCUT2D eigenvalue weighted by Crippen LogP contribution is 2.36. The summed E-state index contributed by atoms with van der Waals surface area (Å²) in [6.45, 7) is 1.78. The van der Waals surface area contributed by atoms with E-state index in [2.05, 4.69) is 15.0 Å². The number of methoxy groups -OCH3 is 1. The maximum Gasteiger partial charge on any atom is 0.261 e. The average Bonchev–Trinajstić information content (AvgIpc) is 3.42. The molecule has 4 aromatic rings. The molecule has 3 aromatic heterocycles. The molecule has 1 saturated heterocycles. The standard InChI is InChI=1S/C21H22N6O2/c1-29-14-13-26-20(24-16-6-3-2-5-15(16)21(26)28)17-7-4-11-25(17)19-18-8-9-23-27(18)12-10-22-19/h2-3,5-6,8-10,12,17H,4,7,11,13-14H2,1H3. The summed E-state index contributed by atoms with van der Waals surface area (Å²) in [5.41, 5.74) is 1.65. The second-order valence-corrected chi connectivity index (χ2v) is 7.20. The van der Waals surface area contributed by atoms with Crippen molar-refractivity contribution in [3.8, 4) is 0 Å². The van der Waals surface area contributed by atoms with Crippen molar-refractivity contribution in [3.63, 3.8) is 0 Å². The van der Waals surface area contributed by atoms with Crippen LogP contribution in [0.1, 0.15) is 24.7 Å². The van der Waals surface area contributed by atoms with Crippen molar-refractivity contribution < 1.29 is 4.74 Å². The maximum atomic E-state index is 13.2. The lowest BCUT2D eigenvalue weighted by Gasteiger charge is -2.28. The Morgan fingerprint density at radius 3 is 3.00 bits per heavy atom. The second kappa shape index (κ2) is 7.29. The van der Waals surface area contributed by atoms with Gasteiger partial charge in [0.1, 0.15) is 11.3 Å². The third kappa shape index (κ3) is 2.96. The molecule has 0 N–H and O–H groups in total. The molecule has 5 rings (SSSR count). The Labute approximate surface area is 167 Å². The Morgan fingerprint density at radius 2 is 2.10 bits per heavy atom. The van der Waals surface area contributed by atoms with E-state index in [0.29, 0.717) is 18.5 Å². The van der Waals surface area contributed by atoms with Gasteiger partial charge in [-0.05, 0) is 31.0 Å². The minimum Gasteiger partial charge on any atom is -0.383 e. The quantitative estimate of drug-likeness (QED) is 0.521. The van der Waals surface area contributed by atoms with E-state index in [1.54, 1.807) is 24.1 Å². The second-order valence-electron chi connectivity index (χ2n) is 7.20. The highest BCUT2D eigenvalue weighted by Gasteiger charge is 2.32. The van der Waals surface area contributed by atoms with Gasteiger partial charge in [-0.2, -0.15) is 5.10 Å². The third-order valence-electron chi connectivity index (χ3n) is 5.54. The number of anilines is 1. The number of para-hydroxylation sites is 1. The van der Waals surface area contributed by atoms with E-state index in [-0.39, 0.29) is 11.6 Å². The van der Waals surface area contributed by atoms with Gasteiger partial charge in [-0.1, -0.05) is 12.1 Å². The van der Waals surface area contributed by atoms with Gasteiger partial charge in [-0.15, -0.1) is 0 Å². The predicted octanol–water partition coefficient (Wildman–Crippen LogP) is 2.43. The van der Waals surface area contributed by atoms with Gasteiger partial charge in [0.2, 0.25) is 0 Å². The first-order valence-corrected chi connectivity index (χ1v) is 9.81. The van der Waals surface area contributed by atoms with Gasteiger partial charge >= 0.3 is 0 Å². The Morgan fingerprint density at radius 1 is 1.21 bits per heavy atom. The van der Waals surface area contributed by atoms with E-state index in [1.807, 2.05) is 41.0 Å². The molecule has 8 nitrogen and oxygen atoms in total. The van der Waals surface area contributed by atoms with Crippen molar-refractivity contribution in [2.24, 2.45) is 0 Å². The van der Waals surface area contributed by atoms with Crippen LogP contribution >= 0.6 is 0 Å². The molecule has 0 aliphatic carbocycles. The van der Waals surface area contributed by atoms with E-state index >= 15 is 0 Å². The maximum absolute atomic E-state index is 13.2. The highest BCUT2D eigenvalue weighted by atomic mass is 16.5. The normalized spacial score (nSPS) is 16.9. The fourth-order valence-corrected chi connectivity index (χ4v) is 4.19. The van der Waals surface area contributed by atoms with Crippen LogP contribution in [0.4, 0.5) is 5.82 Å². The lowest BCUT2D eigenvalue weighted by Crippen LogP contribution is -2.33. The van der Waals surface area contributed by atoms with Crippen LogP contribution in [0.25, 0.3) is 16.4 Å². The van der Waals surface area contributed by atoms with Crippen molar-refractivity contribution in [2.75, 3.05) is 25.2 Å². The van der Waals surface area contributed by atoms with E-state index < -0.39 is 0 Å². The molecule has 0 amide bonds. The minimum atomic E-state index is -0.0298. The molecule has 0 spiro atoms. The number of aromatic nitrogens is 5. The summed E-state index contributed by atoms with van der Waals surface area (Å²) in [6, 6.07) is 9.45. The molecule has 1 aliphatic rings. The number of ether oxygens (including phenoxy) is 1. The van der Waals surface area contributed by atoms with Gasteiger partial charge in [-0.3, -0.25) is 9.36 Å². The molecule has 1 unspecified atom stereocenters. The molecule has 1 fully saturated rings. The van der Waals surface area contributed by atoms with Crippen LogP contribution < -0.4 is 10.5 Å². The lowest BCUT2D eigenvalue weighted by atomic mass is 10.1. The lowest BCUT2D eigenvalue weighted by molar-refractivity contribution is 0.184. The number of hydrogen-bond acceptors (Lipinski definition) is 6. The summed E-state index contributed by atoms with van der Waals surface area (Å²) in [5.74, 6) is 1.64. The molecular formula is C21H22N6O2. The summed E-state index contributed by atoms with van der Waals surface area (Å²) < 4.78 is 8.86. The van der Waals surface area contributed by atoms with E-state index in [9.17, 15) is 4.79 Å². The molecule has 0 radical (unpaired) electrons. The van der Waals surface area contributed by atoms with Crippen LogP contribution in [-0.4, -0.2) is 44.4 Å². The Hall–Kier alpha value is -3.26. The zero-order valence-electron chi connectivity index (χ0n) is 16.2. The fourth-order valence-electron chi connectivity index (χ4n) is 4.19. The van der Waals surface area contributed by atoms with Crippen LogP contribution in [0.5, 0.6) is 0 Å². The third-order valence-corrected chi connectivity index (χ3v) is 5.54. The van der Waals surface area contributed by atoms with Gasteiger partial charge in [-0.25, -0.2) is 14.5 Å². The van der Waals surface area contributed by atoms with Crippen LogP contribution in [0.3, 0.4) is 0 Å². The van der Waals surface area contributed by atoms with Gasteiger partial charge in [0.05, 0.1) is 36.3 Å². The van der Waals surface area contributed by atoms with E-state index in [0.717, 1.165) is 42.1 Å². The van der Waals surface area contributed by atoms with Gasteiger partial charge < -0.3 is 9.64 Å². The number of hydrogen-bond donors (Lipinski definition) is 0. The molecule has 148 valence electrons. The first-order chi connectivity index (χ1) is 14.3. The fraction of sp³-hybridized carbons (Fsp3) is 0.333. The molecule has 0 bridgehead atoms. The number of nitrogens with zero attached hydrogens (tertiary/aromatic N) is 6. The van der Waals surface area contributed by atoms with Crippen LogP contribution in [0.2, 0.25) is 0 Å². The summed E-state index contributed by atoms with van der Waals surface area (Å²) in [4.78, 5) is 25.1. The average molecular weight is 390 g/mol. The Kier molecular flexibility index (Phi) is 4.48. The number of benzene rings is 1. The van der Waals surface area contributed by atoms with Crippen LogP contribution in [0, 0.1) is 0 Å². The smallest absolute Gasteiger partial charge is 0.261 e. The first-order valence-electron chi connectivity index (χ1n) is 9.81. The Bertz CT molecular complexity index is 1230. The molecular weight excluding hydrogens is 368 g/mol. The van der Waals surface area contributed by atoms with Gasteiger partial charge in [0.25, 0.3) is 5.56 Å². The van der Waals surface area contributed by atoms with E-state index in [1.165, 1.54) is 0 Å². The topological polar surface area (TPSA) is 77.6 Å². The molecule has 8 heteroatoms. The summed E-state index contributed by atoms with van der Waals surface area (Å²) in [5, 5.41) is 4.96. The molecule has 0 saturated carbocycles. The zero-order valence-corrected chi connectivity index (χ0v) is 16.2. The van der Waals surface area contributed by atoms with Gasteiger partial charge in [0, 0.05) is 26.0 Å². The largest absolute Gasteiger partial charge is 0.383 e. The van der Waals surface area contributed by atoms with Gasteiger partial charge in [0.15, 0.2) is 5.82 Å². The van der Waals surface area contributed by atoms with Crippen LogP contribution in [0.15, 0.2) is 53.7 Å². The minimum absolute atomic E-state index is 0.0231. The molecule has 1 aromatic carbocycles.